The topological polar surface area (TPSA) is 58.0 Å². The Morgan fingerprint density at radius 2 is 2.12 bits per heavy atom. The van der Waals surface area contributed by atoms with Gasteiger partial charge in [0.05, 0.1) is 39.2 Å². The first-order valence-corrected chi connectivity index (χ1v) is 9.44. The zero-order valence-corrected chi connectivity index (χ0v) is 16.2. The number of nitrogens with one attached hydrogen (secondary N) is 1. The fourth-order valence-electron chi connectivity index (χ4n) is 3.61. The molecule has 0 spiro atoms. The molecule has 26 heavy (non-hydrogen) atoms. The van der Waals surface area contributed by atoms with Crippen LogP contribution < -0.4 is 0 Å². The van der Waals surface area contributed by atoms with Crippen molar-refractivity contribution in [2.75, 3.05) is 6.54 Å². The highest BCUT2D eigenvalue weighted by atomic mass is 35.5. The number of likely N-dealkylation sites (tertiary alicyclic amines) is 1. The van der Waals surface area contributed by atoms with E-state index in [9.17, 15) is 0 Å². The van der Waals surface area contributed by atoms with Gasteiger partial charge in [0.15, 0.2) is 5.76 Å². The summed E-state index contributed by atoms with van der Waals surface area (Å²) in [6.45, 7) is 5.82. The quantitative estimate of drug-likeness (QED) is 0.654. The Kier molecular flexibility index (Phi) is 4.78. The van der Waals surface area contributed by atoms with Gasteiger partial charge in [-0.25, -0.2) is 0 Å². The Labute approximate surface area is 162 Å². The number of aromatic amines is 1. The van der Waals surface area contributed by atoms with Crippen LogP contribution in [0.1, 0.15) is 41.4 Å². The van der Waals surface area contributed by atoms with Gasteiger partial charge < -0.3 is 4.52 Å². The lowest BCUT2D eigenvalue weighted by Gasteiger charge is -2.24. The maximum atomic E-state index is 6.17. The van der Waals surface area contributed by atoms with E-state index < -0.39 is 0 Å². The summed E-state index contributed by atoms with van der Waals surface area (Å²) < 4.78 is 5.56. The van der Waals surface area contributed by atoms with E-state index in [1.165, 1.54) is 0 Å². The predicted octanol–water partition coefficient (Wildman–Crippen LogP) is 5.33. The molecule has 0 bridgehead atoms. The number of rotatable bonds is 4. The van der Waals surface area contributed by atoms with Gasteiger partial charge in [-0.2, -0.15) is 5.10 Å². The molecule has 0 radical (unpaired) electrons. The van der Waals surface area contributed by atoms with Crippen molar-refractivity contribution in [1.82, 2.24) is 20.3 Å². The first kappa shape index (κ1) is 17.6. The Bertz CT molecular complexity index is 934. The van der Waals surface area contributed by atoms with Crippen LogP contribution in [0.4, 0.5) is 0 Å². The first-order chi connectivity index (χ1) is 12.5. The van der Waals surface area contributed by atoms with Crippen LogP contribution in [-0.4, -0.2) is 26.8 Å². The highest BCUT2D eigenvalue weighted by Gasteiger charge is 2.31. The molecule has 7 heteroatoms. The third-order valence-electron chi connectivity index (χ3n) is 5.14. The number of aryl methyl sites for hydroxylation is 1. The molecule has 1 aromatic carbocycles. The third-order valence-corrected chi connectivity index (χ3v) is 5.88. The van der Waals surface area contributed by atoms with Crippen molar-refractivity contribution in [3.63, 3.8) is 0 Å². The van der Waals surface area contributed by atoms with Crippen molar-refractivity contribution in [2.24, 2.45) is 0 Å². The number of hydrogen-bond donors (Lipinski definition) is 1. The molecular formula is C19H20Cl2N4O. The van der Waals surface area contributed by atoms with E-state index in [4.69, 9.17) is 27.7 Å². The van der Waals surface area contributed by atoms with Gasteiger partial charge in [-0.3, -0.25) is 10.00 Å². The second-order valence-electron chi connectivity index (χ2n) is 6.80. The van der Waals surface area contributed by atoms with E-state index >= 15 is 0 Å². The zero-order chi connectivity index (χ0) is 18.3. The average Bonchev–Trinajstić information content (AvgIpc) is 3.33. The van der Waals surface area contributed by atoms with Crippen LogP contribution in [0.15, 0.2) is 28.9 Å². The van der Waals surface area contributed by atoms with Crippen LogP contribution in [0.25, 0.3) is 11.3 Å². The molecule has 3 heterocycles. The van der Waals surface area contributed by atoms with Crippen molar-refractivity contribution in [3.8, 4) is 11.3 Å². The second-order valence-corrected chi connectivity index (χ2v) is 7.61. The third kappa shape index (κ3) is 3.15. The molecular weight excluding hydrogens is 371 g/mol. The van der Waals surface area contributed by atoms with E-state index in [1.807, 2.05) is 38.2 Å². The minimum absolute atomic E-state index is 0.256. The number of benzene rings is 1. The fourth-order valence-corrected chi connectivity index (χ4v) is 3.93. The van der Waals surface area contributed by atoms with Gasteiger partial charge in [0, 0.05) is 12.1 Å². The van der Waals surface area contributed by atoms with Gasteiger partial charge in [0.2, 0.25) is 0 Å². The van der Waals surface area contributed by atoms with Crippen molar-refractivity contribution in [3.05, 3.63) is 57.0 Å². The molecule has 0 aliphatic carbocycles. The zero-order valence-electron chi connectivity index (χ0n) is 14.7. The SMILES string of the molecule is Cc1noc(-c2cn[nH]c2[C@@H]2CCCN2Cc2ccc(Cl)c(Cl)c2)c1C. The normalized spacial score (nSPS) is 17.9. The highest BCUT2D eigenvalue weighted by Crippen LogP contribution is 2.38. The van der Waals surface area contributed by atoms with E-state index in [1.54, 1.807) is 0 Å². The molecule has 1 atom stereocenters. The maximum Gasteiger partial charge on any atom is 0.173 e. The van der Waals surface area contributed by atoms with Crippen molar-refractivity contribution in [2.45, 2.75) is 39.3 Å². The van der Waals surface area contributed by atoms with Crippen molar-refractivity contribution >= 4 is 23.2 Å². The van der Waals surface area contributed by atoms with Crippen LogP contribution >= 0.6 is 23.2 Å². The molecule has 1 aliphatic rings. The van der Waals surface area contributed by atoms with E-state index in [2.05, 4.69) is 20.3 Å². The lowest BCUT2D eigenvalue weighted by atomic mass is 10.0. The molecule has 0 amide bonds. The Hall–Kier alpha value is -1.82. The summed E-state index contributed by atoms with van der Waals surface area (Å²) in [5.41, 5.74) is 5.20. The Morgan fingerprint density at radius 1 is 1.27 bits per heavy atom. The number of aromatic nitrogens is 3. The molecule has 4 rings (SSSR count). The van der Waals surface area contributed by atoms with Gasteiger partial charge in [0.25, 0.3) is 0 Å². The molecule has 1 saturated heterocycles. The van der Waals surface area contributed by atoms with Crippen molar-refractivity contribution < 1.29 is 4.52 Å². The largest absolute Gasteiger partial charge is 0.356 e. The van der Waals surface area contributed by atoms with Crippen LogP contribution in [0.2, 0.25) is 10.0 Å². The number of nitrogens with zero attached hydrogens (tertiary/aromatic N) is 3. The molecule has 2 aromatic heterocycles. The van der Waals surface area contributed by atoms with Crippen LogP contribution in [0.5, 0.6) is 0 Å². The summed E-state index contributed by atoms with van der Waals surface area (Å²) in [4.78, 5) is 2.44. The predicted molar refractivity (Wildman–Crippen MR) is 102 cm³/mol. The Morgan fingerprint density at radius 3 is 2.85 bits per heavy atom. The number of H-pyrrole nitrogens is 1. The maximum absolute atomic E-state index is 6.17. The lowest BCUT2D eigenvalue weighted by molar-refractivity contribution is 0.244. The Balaban J connectivity index is 1.62. The second kappa shape index (κ2) is 7.06. The average molecular weight is 391 g/mol. The summed E-state index contributed by atoms with van der Waals surface area (Å²) in [6, 6.07) is 6.08. The van der Waals surface area contributed by atoms with Crippen LogP contribution in [0.3, 0.4) is 0 Å². The molecule has 1 N–H and O–H groups in total. The summed E-state index contributed by atoms with van der Waals surface area (Å²) in [5, 5.41) is 12.7. The van der Waals surface area contributed by atoms with Gasteiger partial charge in [-0.1, -0.05) is 34.4 Å². The van der Waals surface area contributed by atoms with E-state index in [-0.39, 0.29) is 6.04 Å². The molecule has 5 nitrogen and oxygen atoms in total. The molecule has 1 aliphatic heterocycles. The smallest absolute Gasteiger partial charge is 0.173 e. The fraction of sp³-hybridized carbons (Fsp3) is 0.368. The van der Waals surface area contributed by atoms with Gasteiger partial charge in [-0.05, 0) is 50.9 Å². The molecule has 1 fully saturated rings. The highest BCUT2D eigenvalue weighted by molar-refractivity contribution is 6.42. The molecule has 0 unspecified atom stereocenters. The number of hydrogen-bond acceptors (Lipinski definition) is 4. The van der Waals surface area contributed by atoms with Crippen LogP contribution in [0, 0.1) is 13.8 Å². The molecule has 0 saturated carbocycles. The van der Waals surface area contributed by atoms with E-state index in [0.717, 1.165) is 59.8 Å². The summed E-state index contributed by atoms with van der Waals surface area (Å²) in [6.07, 6.45) is 4.04. The van der Waals surface area contributed by atoms with Gasteiger partial charge in [-0.15, -0.1) is 0 Å². The lowest BCUT2D eigenvalue weighted by Crippen LogP contribution is -2.23. The van der Waals surface area contributed by atoms with E-state index in [0.29, 0.717) is 10.0 Å². The van der Waals surface area contributed by atoms with Gasteiger partial charge >= 0.3 is 0 Å². The van der Waals surface area contributed by atoms with Crippen molar-refractivity contribution in [1.29, 1.82) is 0 Å². The summed E-state index contributed by atoms with van der Waals surface area (Å²) >= 11 is 12.2. The molecule has 136 valence electrons. The van der Waals surface area contributed by atoms with Crippen LogP contribution in [-0.2, 0) is 6.54 Å². The standard InChI is InChI=1S/C19H20Cl2N4O/c1-11-12(2)24-26-19(11)14-9-22-23-18(14)17-4-3-7-25(17)10-13-5-6-15(20)16(21)8-13/h5-6,8-9,17H,3-4,7,10H2,1-2H3,(H,22,23)/t17-/m0/s1. The minimum atomic E-state index is 0.256. The summed E-state index contributed by atoms with van der Waals surface area (Å²) in [7, 11) is 0. The minimum Gasteiger partial charge on any atom is -0.356 e. The number of halogens is 2. The van der Waals surface area contributed by atoms with Gasteiger partial charge in [0.1, 0.15) is 0 Å². The summed E-state index contributed by atoms with van der Waals surface area (Å²) in [5.74, 6) is 0.799. The molecule has 3 aromatic rings. The first-order valence-electron chi connectivity index (χ1n) is 8.69. The monoisotopic (exact) mass is 390 g/mol.